The van der Waals surface area contributed by atoms with Gasteiger partial charge in [-0.3, -0.25) is 0 Å². The largest absolute Gasteiger partial charge is 0.256 e. The minimum atomic E-state index is -4.37. The lowest BCUT2D eigenvalue weighted by molar-refractivity contribution is 0.515. The van der Waals surface area contributed by atoms with E-state index in [0.29, 0.717) is 14.8 Å². The smallest absolute Gasteiger partial charge is 0.206 e. The lowest BCUT2D eigenvalue weighted by atomic mass is 10.0. The number of aryl methyl sites for hydroxylation is 3. The van der Waals surface area contributed by atoms with Crippen LogP contribution < -0.4 is 0 Å². The lowest BCUT2D eigenvalue weighted by Crippen LogP contribution is -2.38. The molecule has 3 rings (SSSR count). The molecule has 0 atom stereocenters. The summed E-state index contributed by atoms with van der Waals surface area (Å²) in [5, 5.41) is 0. The Kier molecular flexibility index (Phi) is 6.50. The molecule has 5 nitrogen and oxygen atoms in total. The van der Waals surface area contributed by atoms with Gasteiger partial charge in [-0.15, -0.1) is 0 Å². The molecule has 0 radical (unpaired) electrons. The van der Waals surface area contributed by atoms with Crippen LogP contribution in [0.4, 0.5) is 0 Å². The highest BCUT2D eigenvalue weighted by molar-refractivity contribution is 8.04. The van der Waals surface area contributed by atoms with Gasteiger partial charge in [0.15, 0.2) is 0 Å². The molecule has 31 heavy (non-hydrogen) atoms. The predicted molar refractivity (Wildman–Crippen MR) is 124 cm³/mol. The zero-order valence-corrected chi connectivity index (χ0v) is 19.4. The molecule has 162 valence electrons. The Bertz CT molecular complexity index is 1230. The van der Waals surface area contributed by atoms with Crippen molar-refractivity contribution in [3.8, 4) is 0 Å². The molecule has 7 heteroatoms. The highest BCUT2D eigenvalue weighted by atomic mass is 32.3. The van der Waals surface area contributed by atoms with Crippen molar-refractivity contribution in [2.24, 2.45) is 0 Å². The third kappa shape index (κ3) is 4.79. The Morgan fingerprint density at radius 1 is 0.710 bits per heavy atom. The Balaban J connectivity index is 2.13. The number of sulfonamides is 2. The van der Waals surface area contributed by atoms with Gasteiger partial charge in [-0.1, -0.05) is 69.9 Å². The van der Waals surface area contributed by atoms with Crippen LogP contribution in [0.25, 0.3) is 5.57 Å². The quantitative estimate of drug-likeness (QED) is 0.517. The monoisotopic (exact) mass is 455 g/mol. The van der Waals surface area contributed by atoms with Crippen molar-refractivity contribution in [1.82, 2.24) is 3.71 Å². The van der Waals surface area contributed by atoms with Crippen molar-refractivity contribution in [3.05, 3.63) is 102 Å². The molecule has 0 unspecified atom stereocenters. The molecule has 0 saturated heterocycles. The zero-order valence-electron chi connectivity index (χ0n) is 17.7. The van der Waals surface area contributed by atoms with Crippen molar-refractivity contribution in [3.63, 3.8) is 0 Å². The van der Waals surface area contributed by atoms with Crippen LogP contribution >= 0.6 is 0 Å². The number of hydrogen-bond donors (Lipinski definition) is 0. The van der Waals surface area contributed by atoms with E-state index in [0.717, 1.165) is 16.7 Å². The van der Waals surface area contributed by atoms with E-state index < -0.39 is 26.6 Å². The molecule has 3 aromatic carbocycles. The Hall–Kier alpha value is -2.74. The summed E-state index contributed by atoms with van der Waals surface area (Å²) in [6, 6.07) is 19.5. The van der Waals surface area contributed by atoms with Crippen LogP contribution in [0.2, 0.25) is 0 Å². The summed E-state index contributed by atoms with van der Waals surface area (Å²) < 4.78 is 54.5. The van der Waals surface area contributed by atoms with Gasteiger partial charge >= 0.3 is 0 Å². The van der Waals surface area contributed by atoms with E-state index in [1.54, 1.807) is 36.4 Å². The van der Waals surface area contributed by atoms with Gasteiger partial charge in [0.2, 0.25) is 0 Å². The van der Waals surface area contributed by atoms with E-state index in [1.807, 2.05) is 32.9 Å². The Labute approximate surface area is 184 Å². The SMILES string of the molecule is C=C(CN(S(=O)(=O)c1ccc(C)cc1)S(=O)(=O)c1ccc(C)cc1)c1ccccc1C. The zero-order chi connectivity index (χ0) is 22.8. The predicted octanol–water partition coefficient (Wildman–Crippen LogP) is 4.70. The molecule has 0 N–H and O–H groups in total. The molecule has 0 bridgehead atoms. The van der Waals surface area contributed by atoms with Gasteiger partial charge in [-0.25, -0.2) is 16.8 Å². The van der Waals surface area contributed by atoms with Crippen molar-refractivity contribution in [2.75, 3.05) is 6.54 Å². The summed E-state index contributed by atoms with van der Waals surface area (Å²) in [6.45, 7) is 9.14. The van der Waals surface area contributed by atoms with E-state index in [1.165, 1.54) is 24.3 Å². The molecular weight excluding hydrogens is 430 g/mol. The molecule has 0 heterocycles. The van der Waals surface area contributed by atoms with Crippen molar-refractivity contribution in [1.29, 1.82) is 0 Å². The molecular formula is C24H25NO4S2. The number of benzene rings is 3. The second-order valence-electron chi connectivity index (χ2n) is 7.49. The van der Waals surface area contributed by atoms with Crippen LogP contribution in [0.1, 0.15) is 22.3 Å². The van der Waals surface area contributed by atoms with Crippen LogP contribution in [0.15, 0.2) is 89.2 Å². The van der Waals surface area contributed by atoms with Gasteiger partial charge in [-0.2, -0.15) is 0 Å². The fourth-order valence-corrected chi connectivity index (χ4v) is 6.80. The molecule has 0 spiro atoms. The Morgan fingerprint density at radius 3 is 1.55 bits per heavy atom. The normalized spacial score (nSPS) is 12.1. The summed E-state index contributed by atoms with van der Waals surface area (Å²) >= 11 is 0. The van der Waals surface area contributed by atoms with Crippen molar-refractivity contribution < 1.29 is 16.8 Å². The average Bonchev–Trinajstić information content (AvgIpc) is 2.72. The molecule has 0 aliphatic rings. The molecule has 0 aliphatic heterocycles. The van der Waals surface area contributed by atoms with E-state index in [-0.39, 0.29) is 9.79 Å². The first kappa shape index (κ1) is 22.9. The minimum absolute atomic E-state index is 0.0913. The summed E-state index contributed by atoms with van der Waals surface area (Å²) in [4.78, 5) is -0.183. The molecule has 0 amide bonds. The van der Waals surface area contributed by atoms with Gasteiger partial charge in [0.05, 0.1) is 16.3 Å². The van der Waals surface area contributed by atoms with Crippen LogP contribution in [0.5, 0.6) is 0 Å². The number of hydrogen-bond acceptors (Lipinski definition) is 4. The van der Waals surface area contributed by atoms with Crippen LogP contribution in [0, 0.1) is 20.8 Å². The molecule has 0 aromatic heterocycles. The van der Waals surface area contributed by atoms with E-state index >= 15 is 0 Å². The maximum absolute atomic E-state index is 13.5. The van der Waals surface area contributed by atoms with Gasteiger partial charge in [0.1, 0.15) is 0 Å². The van der Waals surface area contributed by atoms with E-state index in [4.69, 9.17) is 0 Å². The second kappa shape index (κ2) is 8.78. The third-order valence-corrected chi connectivity index (χ3v) is 9.26. The highest BCUT2D eigenvalue weighted by Crippen LogP contribution is 2.28. The maximum Gasteiger partial charge on any atom is 0.256 e. The molecule has 3 aromatic rings. The van der Waals surface area contributed by atoms with Crippen LogP contribution in [0.3, 0.4) is 0 Å². The van der Waals surface area contributed by atoms with Gasteiger partial charge in [-0.05, 0) is 61.7 Å². The lowest BCUT2D eigenvalue weighted by Gasteiger charge is -2.24. The van der Waals surface area contributed by atoms with Crippen LogP contribution in [-0.4, -0.2) is 27.1 Å². The van der Waals surface area contributed by atoms with E-state index in [2.05, 4.69) is 6.58 Å². The molecule has 0 aliphatic carbocycles. The Morgan fingerprint density at radius 2 is 1.13 bits per heavy atom. The van der Waals surface area contributed by atoms with Crippen LogP contribution in [-0.2, 0) is 20.0 Å². The molecule has 0 saturated carbocycles. The topological polar surface area (TPSA) is 71.5 Å². The van der Waals surface area contributed by atoms with Gasteiger partial charge in [0.25, 0.3) is 20.0 Å². The second-order valence-corrected chi connectivity index (χ2v) is 11.4. The standard InChI is InChI=1S/C24H25NO4S2/c1-18-9-13-22(14-10-18)30(26,27)25(17-21(4)24-8-6-5-7-20(24)3)31(28,29)23-15-11-19(2)12-16-23/h5-16H,4,17H2,1-3H3. The minimum Gasteiger partial charge on any atom is -0.206 e. The average molecular weight is 456 g/mol. The summed E-state index contributed by atoms with van der Waals surface area (Å²) in [6.07, 6.45) is 0. The summed E-state index contributed by atoms with van der Waals surface area (Å²) in [7, 11) is -8.73. The van der Waals surface area contributed by atoms with Crippen molar-refractivity contribution >= 4 is 25.6 Å². The van der Waals surface area contributed by atoms with E-state index in [9.17, 15) is 16.8 Å². The fourth-order valence-electron chi connectivity index (χ4n) is 3.17. The summed E-state index contributed by atoms with van der Waals surface area (Å²) in [5.41, 5.74) is 3.73. The van der Waals surface area contributed by atoms with Gasteiger partial charge < -0.3 is 0 Å². The van der Waals surface area contributed by atoms with Gasteiger partial charge in [0, 0.05) is 0 Å². The number of rotatable bonds is 7. The number of nitrogens with zero attached hydrogens (tertiary/aromatic N) is 1. The van der Waals surface area contributed by atoms with Crippen molar-refractivity contribution in [2.45, 2.75) is 30.6 Å². The third-order valence-electron chi connectivity index (χ3n) is 5.02. The molecule has 0 fully saturated rings. The maximum atomic E-state index is 13.5. The summed E-state index contributed by atoms with van der Waals surface area (Å²) in [5.74, 6) is 0. The first-order chi connectivity index (χ1) is 14.5. The fraction of sp³-hybridized carbons (Fsp3) is 0.167. The highest BCUT2D eigenvalue weighted by Gasteiger charge is 2.37. The first-order valence-corrected chi connectivity index (χ1v) is 12.6. The first-order valence-electron chi connectivity index (χ1n) is 9.68.